The number of hydrogen-bond donors (Lipinski definition) is 0. The second-order valence-electron chi connectivity index (χ2n) is 2.49. The van der Waals surface area contributed by atoms with Crippen LogP contribution in [0.4, 0.5) is 0 Å². The Hall–Kier alpha value is -0.790. The molecule has 10 heavy (non-hydrogen) atoms. The van der Waals surface area contributed by atoms with Crippen LogP contribution in [-0.2, 0) is 4.84 Å². The molecule has 0 aromatic heterocycles. The fourth-order valence-corrected chi connectivity index (χ4v) is 0.973. The van der Waals surface area contributed by atoms with Gasteiger partial charge in [0.05, 0.1) is 5.71 Å². The zero-order chi connectivity index (χ0) is 7.40. The van der Waals surface area contributed by atoms with E-state index < -0.39 is 0 Å². The Kier molecular flexibility index (Phi) is 2.49. The van der Waals surface area contributed by atoms with Gasteiger partial charge in [0.2, 0.25) is 0 Å². The zero-order valence-corrected chi connectivity index (χ0v) is 6.55. The first-order valence-corrected chi connectivity index (χ1v) is 3.69. The van der Waals surface area contributed by atoms with Crippen LogP contribution >= 0.6 is 0 Å². The molecule has 2 nitrogen and oxygen atoms in total. The van der Waals surface area contributed by atoms with E-state index in [0.717, 1.165) is 18.6 Å². The summed E-state index contributed by atoms with van der Waals surface area (Å²) in [5.41, 5.74) is 2.48. The van der Waals surface area contributed by atoms with Gasteiger partial charge in [-0.3, -0.25) is 0 Å². The maximum atomic E-state index is 4.91. The molecule has 0 aromatic carbocycles. The summed E-state index contributed by atoms with van der Waals surface area (Å²) in [7, 11) is 0. The highest BCUT2D eigenvalue weighted by molar-refractivity contribution is 5.97. The number of hydrogen-bond acceptors (Lipinski definition) is 2. The van der Waals surface area contributed by atoms with Crippen molar-refractivity contribution in [3.63, 3.8) is 0 Å². The van der Waals surface area contributed by atoms with Crippen LogP contribution in [0.15, 0.2) is 16.8 Å². The molecule has 0 aliphatic heterocycles. The molecular weight excluding hydrogens is 126 g/mol. The van der Waals surface area contributed by atoms with E-state index in [1.54, 1.807) is 0 Å². The first-order chi connectivity index (χ1) is 4.83. The van der Waals surface area contributed by atoms with Crippen molar-refractivity contribution in [1.29, 1.82) is 0 Å². The fraction of sp³-hybridized carbons (Fsp3) is 0.625. The summed E-state index contributed by atoms with van der Waals surface area (Å²) < 4.78 is 0. The number of rotatable bonds is 2. The van der Waals surface area contributed by atoms with Crippen LogP contribution in [0.1, 0.15) is 26.7 Å². The van der Waals surface area contributed by atoms with Gasteiger partial charge >= 0.3 is 0 Å². The predicted molar refractivity (Wildman–Crippen MR) is 42.1 cm³/mol. The molecule has 0 saturated heterocycles. The molecule has 0 atom stereocenters. The van der Waals surface area contributed by atoms with Crippen molar-refractivity contribution in [2.45, 2.75) is 26.7 Å². The van der Waals surface area contributed by atoms with E-state index in [0.29, 0.717) is 6.61 Å². The largest absolute Gasteiger partial charge is 0.396 e. The van der Waals surface area contributed by atoms with Crippen molar-refractivity contribution in [2.75, 3.05) is 6.61 Å². The van der Waals surface area contributed by atoms with Crippen LogP contribution in [0.3, 0.4) is 0 Å². The number of allylic oxidation sites excluding steroid dienone is 2. The van der Waals surface area contributed by atoms with Gasteiger partial charge in [0, 0.05) is 0 Å². The second kappa shape index (κ2) is 3.40. The van der Waals surface area contributed by atoms with Gasteiger partial charge in [-0.25, -0.2) is 0 Å². The van der Waals surface area contributed by atoms with Crippen LogP contribution in [0.25, 0.3) is 0 Å². The molecule has 1 rings (SSSR count). The van der Waals surface area contributed by atoms with Crippen LogP contribution < -0.4 is 0 Å². The molecule has 0 unspecified atom stereocenters. The van der Waals surface area contributed by atoms with Crippen LogP contribution in [-0.4, -0.2) is 12.3 Å². The lowest BCUT2D eigenvalue weighted by Gasteiger charge is -1.92. The highest BCUT2D eigenvalue weighted by Crippen LogP contribution is 2.14. The first kappa shape index (κ1) is 7.32. The average Bonchev–Trinajstić information content (AvgIpc) is 2.31. The Labute approximate surface area is 61.6 Å². The quantitative estimate of drug-likeness (QED) is 0.537. The van der Waals surface area contributed by atoms with E-state index in [1.165, 1.54) is 5.57 Å². The number of nitrogens with zero attached hydrogens (tertiary/aromatic N) is 1. The highest BCUT2D eigenvalue weighted by atomic mass is 16.6. The topological polar surface area (TPSA) is 21.6 Å². The molecule has 1 aliphatic rings. The third-order valence-corrected chi connectivity index (χ3v) is 1.50. The van der Waals surface area contributed by atoms with Crippen LogP contribution in [0.2, 0.25) is 0 Å². The van der Waals surface area contributed by atoms with Crippen molar-refractivity contribution >= 4 is 5.71 Å². The molecule has 0 spiro atoms. The third-order valence-electron chi connectivity index (χ3n) is 1.50. The Morgan fingerprint density at radius 1 is 1.60 bits per heavy atom. The predicted octanol–water partition coefficient (Wildman–Crippen LogP) is 2.12. The van der Waals surface area contributed by atoms with Gasteiger partial charge in [-0.15, -0.1) is 0 Å². The van der Waals surface area contributed by atoms with Gasteiger partial charge in [-0.2, -0.15) is 0 Å². The lowest BCUT2D eigenvalue weighted by molar-refractivity contribution is 0.158. The fourth-order valence-electron chi connectivity index (χ4n) is 0.973. The van der Waals surface area contributed by atoms with E-state index in [2.05, 4.69) is 18.2 Å². The molecule has 0 amide bonds. The Bertz CT molecular complexity index is 170. The zero-order valence-electron chi connectivity index (χ0n) is 6.55. The summed E-state index contributed by atoms with van der Waals surface area (Å²) in [5.74, 6) is 0. The molecule has 2 heteroatoms. The SMILES string of the molecule is CCON=C1C=C(C)CC1. The Morgan fingerprint density at radius 3 is 2.90 bits per heavy atom. The molecule has 0 saturated carbocycles. The standard InChI is InChI=1S/C8H13NO/c1-3-10-9-8-5-4-7(2)6-8/h6H,3-5H2,1-2H3. The minimum absolute atomic E-state index is 0.663. The molecule has 0 aromatic rings. The Morgan fingerprint density at radius 2 is 2.40 bits per heavy atom. The maximum Gasteiger partial charge on any atom is 0.114 e. The van der Waals surface area contributed by atoms with Gasteiger partial charge in [-0.1, -0.05) is 10.7 Å². The molecule has 0 bridgehead atoms. The summed E-state index contributed by atoms with van der Waals surface area (Å²) in [6.07, 6.45) is 4.29. The minimum Gasteiger partial charge on any atom is -0.396 e. The molecule has 0 heterocycles. The summed E-state index contributed by atoms with van der Waals surface area (Å²) >= 11 is 0. The second-order valence-corrected chi connectivity index (χ2v) is 2.49. The summed E-state index contributed by atoms with van der Waals surface area (Å²) in [6, 6.07) is 0. The van der Waals surface area contributed by atoms with Crippen molar-refractivity contribution in [2.24, 2.45) is 5.16 Å². The smallest absolute Gasteiger partial charge is 0.114 e. The van der Waals surface area contributed by atoms with Crippen LogP contribution in [0.5, 0.6) is 0 Å². The number of oxime groups is 1. The first-order valence-electron chi connectivity index (χ1n) is 3.69. The molecule has 1 aliphatic carbocycles. The minimum atomic E-state index is 0.663. The van der Waals surface area contributed by atoms with Crippen molar-refractivity contribution in [3.05, 3.63) is 11.6 Å². The molecule has 0 fully saturated rings. The van der Waals surface area contributed by atoms with E-state index in [9.17, 15) is 0 Å². The van der Waals surface area contributed by atoms with Gasteiger partial charge in [0.15, 0.2) is 0 Å². The van der Waals surface area contributed by atoms with Gasteiger partial charge in [0.1, 0.15) is 6.61 Å². The van der Waals surface area contributed by atoms with E-state index in [4.69, 9.17) is 4.84 Å². The van der Waals surface area contributed by atoms with E-state index in [1.807, 2.05) is 6.92 Å². The van der Waals surface area contributed by atoms with E-state index in [-0.39, 0.29) is 0 Å². The van der Waals surface area contributed by atoms with Gasteiger partial charge < -0.3 is 4.84 Å². The molecular formula is C8H13NO. The molecule has 0 radical (unpaired) electrons. The van der Waals surface area contributed by atoms with Crippen molar-refractivity contribution in [1.82, 2.24) is 0 Å². The van der Waals surface area contributed by atoms with Crippen molar-refractivity contribution < 1.29 is 4.84 Å². The summed E-state index contributed by atoms with van der Waals surface area (Å²) in [5, 5.41) is 3.93. The Balaban J connectivity index is 2.43. The summed E-state index contributed by atoms with van der Waals surface area (Å²) in [6.45, 7) is 4.72. The lowest BCUT2D eigenvalue weighted by atomic mass is 10.3. The monoisotopic (exact) mass is 139 g/mol. The van der Waals surface area contributed by atoms with E-state index >= 15 is 0 Å². The summed E-state index contributed by atoms with van der Waals surface area (Å²) in [4.78, 5) is 4.91. The molecule has 0 N–H and O–H groups in total. The van der Waals surface area contributed by atoms with Crippen molar-refractivity contribution in [3.8, 4) is 0 Å². The molecule has 56 valence electrons. The maximum absolute atomic E-state index is 4.91. The van der Waals surface area contributed by atoms with Gasteiger partial charge in [0.25, 0.3) is 0 Å². The van der Waals surface area contributed by atoms with Gasteiger partial charge in [-0.05, 0) is 32.8 Å². The normalized spacial score (nSPS) is 21.4. The average molecular weight is 139 g/mol. The van der Waals surface area contributed by atoms with Crippen LogP contribution in [0, 0.1) is 0 Å². The highest BCUT2D eigenvalue weighted by Gasteiger charge is 2.05. The lowest BCUT2D eigenvalue weighted by Crippen LogP contribution is -1.89. The third kappa shape index (κ3) is 1.87.